The first-order valence-corrected chi connectivity index (χ1v) is 6.73. The molecule has 0 aliphatic carbocycles. The highest BCUT2D eigenvalue weighted by atomic mass is 32.1. The van der Waals surface area contributed by atoms with Gasteiger partial charge in [-0.25, -0.2) is 0 Å². The van der Waals surface area contributed by atoms with Crippen molar-refractivity contribution in [2.24, 2.45) is 11.7 Å². The molecular weight excluding hydrogens is 244 g/mol. The van der Waals surface area contributed by atoms with Gasteiger partial charge in [-0.1, -0.05) is 24.4 Å². The average Bonchev–Trinajstić information content (AvgIpc) is 2.79. The zero-order chi connectivity index (χ0) is 13.1. The molecule has 1 aliphatic rings. The number of nitrogens with two attached hydrogens (primary N) is 1. The van der Waals surface area contributed by atoms with Crippen molar-refractivity contribution < 1.29 is 5.11 Å². The van der Waals surface area contributed by atoms with E-state index in [0.717, 1.165) is 31.6 Å². The summed E-state index contributed by atoms with van der Waals surface area (Å²) in [6.07, 6.45) is 1.10. The van der Waals surface area contributed by atoms with E-state index in [-0.39, 0.29) is 0 Å². The summed E-state index contributed by atoms with van der Waals surface area (Å²) in [6, 6.07) is 6.15. The van der Waals surface area contributed by atoms with E-state index < -0.39 is 0 Å². The van der Waals surface area contributed by atoms with Gasteiger partial charge >= 0.3 is 0 Å². The first kappa shape index (κ1) is 13.5. The SMILES string of the molecule is Cc1cc(C(N)=S)ccc1CN1CCC(CO)C1. The van der Waals surface area contributed by atoms with Crippen LogP contribution >= 0.6 is 12.2 Å². The highest BCUT2D eigenvalue weighted by molar-refractivity contribution is 7.80. The molecule has 0 amide bonds. The minimum absolute atomic E-state index is 0.301. The molecule has 3 nitrogen and oxygen atoms in total. The molecule has 0 bridgehead atoms. The van der Waals surface area contributed by atoms with E-state index in [4.69, 9.17) is 23.1 Å². The van der Waals surface area contributed by atoms with Gasteiger partial charge in [0.2, 0.25) is 0 Å². The van der Waals surface area contributed by atoms with Crippen LogP contribution in [0.25, 0.3) is 0 Å². The molecule has 1 atom stereocenters. The van der Waals surface area contributed by atoms with Crippen LogP contribution in [0.3, 0.4) is 0 Å². The van der Waals surface area contributed by atoms with Gasteiger partial charge in [0, 0.05) is 25.3 Å². The van der Waals surface area contributed by atoms with Gasteiger partial charge in [-0.05, 0) is 43.0 Å². The fourth-order valence-electron chi connectivity index (χ4n) is 2.47. The van der Waals surface area contributed by atoms with Gasteiger partial charge in [0.1, 0.15) is 4.99 Å². The normalized spacial score (nSPS) is 20.2. The Hall–Kier alpha value is -0.970. The number of rotatable bonds is 4. The Kier molecular flexibility index (Phi) is 4.32. The Balaban J connectivity index is 2.04. The highest BCUT2D eigenvalue weighted by Crippen LogP contribution is 2.20. The van der Waals surface area contributed by atoms with Crippen molar-refractivity contribution >= 4 is 17.2 Å². The molecule has 1 aromatic rings. The van der Waals surface area contributed by atoms with Crippen LogP contribution in [0.4, 0.5) is 0 Å². The van der Waals surface area contributed by atoms with E-state index in [2.05, 4.69) is 24.0 Å². The first-order valence-electron chi connectivity index (χ1n) is 6.32. The summed E-state index contributed by atoms with van der Waals surface area (Å²) in [5.74, 6) is 0.446. The molecule has 0 aromatic heterocycles. The molecule has 1 saturated heterocycles. The Labute approximate surface area is 114 Å². The number of aliphatic hydroxyl groups excluding tert-OH is 1. The Morgan fingerprint density at radius 2 is 2.33 bits per heavy atom. The minimum Gasteiger partial charge on any atom is -0.396 e. The van der Waals surface area contributed by atoms with Crippen molar-refractivity contribution in [2.45, 2.75) is 19.9 Å². The number of aliphatic hydroxyl groups is 1. The number of likely N-dealkylation sites (tertiary alicyclic amines) is 1. The summed E-state index contributed by atoms with van der Waals surface area (Å²) >= 11 is 4.98. The molecular formula is C14H20N2OS. The first-order chi connectivity index (χ1) is 8.60. The fourth-order valence-corrected chi connectivity index (χ4v) is 2.60. The molecule has 0 radical (unpaired) electrons. The monoisotopic (exact) mass is 264 g/mol. The van der Waals surface area contributed by atoms with E-state index in [0.29, 0.717) is 17.5 Å². The zero-order valence-electron chi connectivity index (χ0n) is 10.7. The number of hydrogen-bond donors (Lipinski definition) is 2. The fraction of sp³-hybridized carbons (Fsp3) is 0.500. The highest BCUT2D eigenvalue weighted by Gasteiger charge is 2.21. The predicted octanol–water partition coefficient (Wildman–Crippen LogP) is 1.44. The van der Waals surface area contributed by atoms with Gasteiger partial charge in [0.15, 0.2) is 0 Å². The van der Waals surface area contributed by atoms with Crippen LogP contribution in [0.1, 0.15) is 23.1 Å². The summed E-state index contributed by atoms with van der Waals surface area (Å²) in [6.45, 7) is 5.40. The second-order valence-electron chi connectivity index (χ2n) is 5.08. The van der Waals surface area contributed by atoms with Crippen molar-refractivity contribution in [3.63, 3.8) is 0 Å². The zero-order valence-corrected chi connectivity index (χ0v) is 11.5. The van der Waals surface area contributed by atoms with Crippen molar-refractivity contribution in [1.29, 1.82) is 0 Å². The number of thiocarbonyl (C=S) groups is 1. The third kappa shape index (κ3) is 3.07. The molecule has 1 heterocycles. The van der Waals surface area contributed by atoms with E-state index in [1.165, 1.54) is 11.1 Å². The Bertz CT molecular complexity index is 447. The third-order valence-corrected chi connectivity index (χ3v) is 3.88. The van der Waals surface area contributed by atoms with Gasteiger partial charge in [0.05, 0.1) is 0 Å². The summed E-state index contributed by atoms with van der Waals surface area (Å²) in [7, 11) is 0. The topological polar surface area (TPSA) is 49.5 Å². The van der Waals surface area contributed by atoms with Crippen LogP contribution < -0.4 is 5.73 Å². The van der Waals surface area contributed by atoms with Crippen LogP contribution in [0.5, 0.6) is 0 Å². The van der Waals surface area contributed by atoms with Crippen molar-refractivity contribution in [3.8, 4) is 0 Å². The van der Waals surface area contributed by atoms with Crippen LogP contribution in [0, 0.1) is 12.8 Å². The number of benzene rings is 1. The Morgan fingerprint density at radius 3 is 2.89 bits per heavy atom. The van der Waals surface area contributed by atoms with E-state index in [9.17, 15) is 0 Å². The summed E-state index contributed by atoms with van der Waals surface area (Å²) in [5, 5.41) is 9.15. The van der Waals surface area contributed by atoms with Crippen LogP contribution in [-0.2, 0) is 6.54 Å². The van der Waals surface area contributed by atoms with E-state index >= 15 is 0 Å². The van der Waals surface area contributed by atoms with E-state index in [1.54, 1.807) is 0 Å². The van der Waals surface area contributed by atoms with Crippen molar-refractivity contribution in [2.75, 3.05) is 19.7 Å². The number of nitrogens with zero attached hydrogens (tertiary/aromatic N) is 1. The predicted molar refractivity (Wildman–Crippen MR) is 77.5 cm³/mol. The maximum atomic E-state index is 9.15. The lowest BCUT2D eigenvalue weighted by Gasteiger charge is -2.17. The molecule has 3 N–H and O–H groups in total. The van der Waals surface area contributed by atoms with Gasteiger partial charge < -0.3 is 10.8 Å². The molecule has 98 valence electrons. The van der Waals surface area contributed by atoms with Crippen molar-refractivity contribution in [3.05, 3.63) is 34.9 Å². The number of hydrogen-bond acceptors (Lipinski definition) is 3. The summed E-state index contributed by atoms with van der Waals surface area (Å²) < 4.78 is 0. The molecule has 0 saturated carbocycles. The summed E-state index contributed by atoms with van der Waals surface area (Å²) in [4.78, 5) is 2.84. The molecule has 18 heavy (non-hydrogen) atoms. The lowest BCUT2D eigenvalue weighted by molar-refractivity contribution is 0.220. The Morgan fingerprint density at radius 1 is 1.56 bits per heavy atom. The van der Waals surface area contributed by atoms with Gasteiger partial charge in [0.25, 0.3) is 0 Å². The molecule has 1 aliphatic heterocycles. The molecule has 1 aromatic carbocycles. The maximum Gasteiger partial charge on any atom is 0.103 e. The molecule has 2 rings (SSSR count). The number of aryl methyl sites for hydroxylation is 1. The van der Waals surface area contributed by atoms with Crippen LogP contribution in [0.2, 0.25) is 0 Å². The second-order valence-corrected chi connectivity index (χ2v) is 5.52. The lowest BCUT2D eigenvalue weighted by Crippen LogP contribution is -2.21. The van der Waals surface area contributed by atoms with Crippen LogP contribution in [0.15, 0.2) is 18.2 Å². The van der Waals surface area contributed by atoms with Crippen molar-refractivity contribution in [1.82, 2.24) is 4.90 Å². The standard InChI is InChI=1S/C14H20N2OS/c1-10-6-12(14(15)18)2-3-13(10)8-16-5-4-11(7-16)9-17/h2-3,6,11,17H,4-5,7-9H2,1H3,(H2,15,18). The summed E-state index contributed by atoms with van der Waals surface area (Å²) in [5.41, 5.74) is 9.10. The van der Waals surface area contributed by atoms with Gasteiger partial charge in [-0.15, -0.1) is 0 Å². The minimum atomic E-state index is 0.301. The average molecular weight is 264 g/mol. The maximum absolute atomic E-state index is 9.15. The van der Waals surface area contributed by atoms with Crippen LogP contribution in [-0.4, -0.2) is 34.7 Å². The van der Waals surface area contributed by atoms with Gasteiger partial charge in [-0.3, -0.25) is 4.90 Å². The molecule has 4 heteroatoms. The second kappa shape index (κ2) is 5.78. The smallest absolute Gasteiger partial charge is 0.103 e. The molecule has 1 fully saturated rings. The van der Waals surface area contributed by atoms with Gasteiger partial charge in [-0.2, -0.15) is 0 Å². The molecule has 0 spiro atoms. The third-order valence-electron chi connectivity index (χ3n) is 3.65. The quantitative estimate of drug-likeness (QED) is 0.808. The largest absolute Gasteiger partial charge is 0.396 e. The lowest BCUT2D eigenvalue weighted by atomic mass is 10.0. The molecule has 1 unspecified atom stereocenters. The van der Waals surface area contributed by atoms with E-state index in [1.807, 2.05) is 6.07 Å².